The SMILES string of the molecule is CCCCCS(=O)CCCCCCCCOc1ccc(C(c2ccc(C)cc2)C(CC)c2ccccc2)cc1. The van der Waals surface area contributed by atoms with Crippen molar-refractivity contribution in [3.05, 3.63) is 101 Å². The summed E-state index contributed by atoms with van der Waals surface area (Å²) in [5, 5.41) is 0. The summed E-state index contributed by atoms with van der Waals surface area (Å²) in [6.07, 6.45) is 11.7. The van der Waals surface area contributed by atoms with Crippen molar-refractivity contribution in [3.63, 3.8) is 0 Å². The predicted octanol–water partition coefficient (Wildman–Crippen LogP) is 9.98. The van der Waals surface area contributed by atoms with Gasteiger partial charge in [0.05, 0.1) is 6.61 Å². The van der Waals surface area contributed by atoms with Gasteiger partial charge >= 0.3 is 0 Å². The Hall–Kier alpha value is -2.39. The lowest BCUT2D eigenvalue weighted by molar-refractivity contribution is 0.304. The van der Waals surface area contributed by atoms with E-state index in [2.05, 4.69) is 99.6 Å². The topological polar surface area (TPSA) is 26.3 Å². The fourth-order valence-corrected chi connectivity index (χ4v) is 6.70. The van der Waals surface area contributed by atoms with Gasteiger partial charge in [-0.1, -0.05) is 125 Å². The zero-order chi connectivity index (χ0) is 27.7. The number of hydrogen-bond acceptors (Lipinski definition) is 2. The highest BCUT2D eigenvalue weighted by atomic mass is 32.2. The Kier molecular flexibility index (Phi) is 14.4. The molecule has 0 amide bonds. The molecule has 3 aromatic carbocycles. The number of hydrogen-bond donors (Lipinski definition) is 0. The summed E-state index contributed by atoms with van der Waals surface area (Å²) in [7, 11) is -0.603. The number of aryl methyl sites for hydroxylation is 1. The van der Waals surface area contributed by atoms with E-state index in [1.54, 1.807) is 0 Å². The first-order valence-corrected chi connectivity index (χ1v) is 16.8. The molecule has 0 spiro atoms. The molecule has 3 unspecified atom stereocenters. The van der Waals surface area contributed by atoms with Crippen molar-refractivity contribution in [3.8, 4) is 5.75 Å². The van der Waals surface area contributed by atoms with Crippen LogP contribution in [0, 0.1) is 6.92 Å². The fraction of sp³-hybridized carbons (Fsp3) is 0.500. The van der Waals surface area contributed by atoms with Crippen LogP contribution in [-0.4, -0.2) is 22.3 Å². The lowest BCUT2D eigenvalue weighted by Gasteiger charge is -2.28. The number of ether oxygens (including phenoxy) is 1. The van der Waals surface area contributed by atoms with Crippen LogP contribution in [0.3, 0.4) is 0 Å². The van der Waals surface area contributed by atoms with Gasteiger partial charge in [0.15, 0.2) is 0 Å². The van der Waals surface area contributed by atoms with Crippen molar-refractivity contribution < 1.29 is 8.95 Å². The molecule has 2 nitrogen and oxygen atoms in total. The van der Waals surface area contributed by atoms with Gasteiger partial charge in [-0.05, 0) is 67.3 Å². The summed E-state index contributed by atoms with van der Waals surface area (Å²) in [6, 6.07) is 28.8. The minimum atomic E-state index is -0.603. The molecule has 0 aliphatic heterocycles. The van der Waals surface area contributed by atoms with Gasteiger partial charge < -0.3 is 4.74 Å². The molecule has 3 rings (SSSR count). The van der Waals surface area contributed by atoms with Crippen LogP contribution in [0.15, 0.2) is 78.9 Å². The number of rotatable bonds is 19. The Morgan fingerprint density at radius 1 is 0.641 bits per heavy atom. The van der Waals surface area contributed by atoms with E-state index >= 15 is 0 Å². The van der Waals surface area contributed by atoms with Gasteiger partial charge in [-0.3, -0.25) is 4.21 Å². The van der Waals surface area contributed by atoms with E-state index in [1.165, 1.54) is 60.8 Å². The minimum absolute atomic E-state index is 0.306. The maximum absolute atomic E-state index is 12.0. The van der Waals surface area contributed by atoms with E-state index < -0.39 is 10.8 Å². The molecule has 3 heteroatoms. The van der Waals surface area contributed by atoms with Crippen LogP contribution >= 0.6 is 0 Å². The van der Waals surface area contributed by atoms with Crippen LogP contribution in [0.5, 0.6) is 5.75 Å². The molecule has 0 aromatic heterocycles. The highest BCUT2D eigenvalue weighted by Gasteiger charge is 2.25. The van der Waals surface area contributed by atoms with Gasteiger partial charge in [0.25, 0.3) is 0 Å². The van der Waals surface area contributed by atoms with Crippen LogP contribution in [-0.2, 0) is 10.8 Å². The lowest BCUT2D eigenvalue weighted by atomic mass is 9.76. The third-order valence-electron chi connectivity index (χ3n) is 7.76. The molecule has 212 valence electrons. The molecule has 0 aliphatic rings. The zero-order valence-corrected chi connectivity index (χ0v) is 25.4. The molecule has 39 heavy (non-hydrogen) atoms. The third-order valence-corrected chi connectivity index (χ3v) is 9.24. The Bertz CT molecular complexity index is 1060. The van der Waals surface area contributed by atoms with Crippen LogP contribution in [0.1, 0.15) is 112 Å². The molecule has 3 atom stereocenters. The average Bonchev–Trinajstić information content (AvgIpc) is 2.96. The van der Waals surface area contributed by atoms with E-state index in [0.29, 0.717) is 11.8 Å². The van der Waals surface area contributed by atoms with E-state index in [-0.39, 0.29) is 0 Å². The molecule has 0 heterocycles. The Morgan fingerprint density at radius 2 is 1.21 bits per heavy atom. The normalized spacial score (nSPS) is 13.6. The number of unbranched alkanes of at least 4 members (excludes halogenated alkanes) is 7. The van der Waals surface area contributed by atoms with E-state index in [4.69, 9.17) is 4.74 Å². The molecule has 3 aromatic rings. The van der Waals surface area contributed by atoms with Gasteiger partial charge in [0.2, 0.25) is 0 Å². The highest BCUT2D eigenvalue weighted by Crippen LogP contribution is 2.41. The molecule has 0 N–H and O–H groups in total. The van der Waals surface area contributed by atoms with Crippen molar-refractivity contribution in [2.24, 2.45) is 0 Å². The molecular formula is C36H50O2S. The fourth-order valence-electron chi connectivity index (χ4n) is 5.44. The van der Waals surface area contributed by atoms with Gasteiger partial charge in [0, 0.05) is 28.2 Å². The molecule has 0 saturated heterocycles. The molecule has 0 fully saturated rings. The highest BCUT2D eigenvalue weighted by molar-refractivity contribution is 7.84. The van der Waals surface area contributed by atoms with E-state index in [0.717, 1.165) is 49.5 Å². The molecule has 0 aliphatic carbocycles. The summed E-state index contributed by atoms with van der Waals surface area (Å²) in [5.74, 6) is 3.46. The summed E-state index contributed by atoms with van der Waals surface area (Å²) >= 11 is 0. The van der Waals surface area contributed by atoms with Crippen molar-refractivity contribution in [2.45, 2.75) is 96.8 Å². The summed E-state index contributed by atoms with van der Waals surface area (Å²) < 4.78 is 18.1. The molecular weight excluding hydrogens is 496 g/mol. The second-order valence-electron chi connectivity index (χ2n) is 10.9. The average molecular weight is 547 g/mol. The molecule has 0 bridgehead atoms. The minimum Gasteiger partial charge on any atom is -0.494 e. The smallest absolute Gasteiger partial charge is 0.119 e. The van der Waals surface area contributed by atoms with Gasteiger partial charge in [0.1, 0.15) is 5.75 Å². The van der Waals surface area contributed by atoms with Crippen LogP contribution in [0.25, 0.3) is 0 Å². The maximum Gasteiger partial charge on any atom is 0.119 e. The van der Waals surface area contributed by atoms with Crippen LogP contribution < -0.4 is 4.74 Å². The third kappa shape index (κ3) is 11.0. The second-order valence-corrected chi connectivity index (χ2v) is 12.6. The first-order valence-electron chi connectivity index (χ1n) is 15.3. The first-order chi connectivity index (χ1) is 19.1. The van der Waals surface area contributed by atoms with Crippen molar-refractivity contribution in [2.75, 3.05) is 18.1 Å². The van der Waals surface area contributed by atoms with Gasteiger partial charge in [-0.15, -0.1) is 0 Å². The summed E-state index contributed by atoms with van der Waals surface area (Å²) in [5.41, 5.74) is 5.40. The summed E-state index contributed by atoms with van der Waals surface area (Å²) in [4.78, 5) is 0. The standard InChI is InChI=1S/C36H50O2S/c1-4-6-15-28-39(37)29-16-10-8-7-9-14-27-38-34-25-23-33(24-26-34)36(32-21-19-30(3)20-22-32)35(5-2)31-17-12-11-13-18-31/h11-13,17-26,35-36H,4-10,14-16,27-29H2,1-3H3. The zero-order valence-electron chi connectivity index (χ0n) is 24.6. The van der Waals surface area contributed by atoms with Crippen molar-refractivity contribution >= 4 is 10.8 Å². The largest absolute Gasteiger partial charge is 0.494 e. The van der Waals surface area contributed by atoms with Crippen LogP contribution in [0.2, 0.25) is 0 Å². The van der Waals surface area contributed by atoms with Crippen molar-refractivity contribution in [1.29, 1.82) is 0 Å². The predicted molar refractivity (Wildman–Crippen MR) is 170 cm³/mol. The Labute approximate surface area is 241 Å². The van der Waals surface area contributed by atoms with Gasteiger partial charge in [-0.25, -0.2) is 0 Å². The molecule has 0 radical (unpaired) electrons. The van der Waals surface area contributed by atoms with Gasteiger partial charge in [-0.2, -0.15) is 0 Å². The Balaban J connectivity index is 1.45. The first kappa shape index (κ1) is 31.1. The Morgan fingerprint density at radius 3 is 1.82 bits per heavy atom. The monoisotopic (exact) mass is 546 g/mol. The van der Waals surface area contributed by atoms with E-state index in [9.17, 15) is 4.21 Å². The molecule has 0 saturated carbocycles. The van der Waals surface area contributed by atoms with Crippen molar-refractivity contribution in [1.82, 2.24) is 0 Å². The number of benzene rings is 3. The maximum atomic E-state index is 12.0. The lowest BCUT2D eigenvalue weighted by Crippen LogP contribution is -2.13. The van der Waals surface area contributed by atoms with Crippen LogP contribution in [0.4, 0.5) is 0 Å². The second kappa shape index (κ2) is 18.1. The van der Waals surface area contributed by atoms with E-state index in [1.807, 2.05) is 0 Å². The summed E-state index contributed by atoms with van der Waals surface area (Å²) in [6.45, 7) is 7.41. The quantitative estimate of drug-likeness (QED) is 0.140.